The summed E-state index contributed by atoms with van der Waals surface area (Å²) in [7, 11) is 0. The van der Waals surface area contributed by atoms with Crippen LogP contribution < -0.4 is 5.32 Å². The van der Waals surface area contributed by atoms with Crippen molar-refractivity contribution < 1.29 is 0 Å². The van der Waals surface area contributed by atoms with Gasteiger partial charge in [-0.05, 0) is 61.1 Å². The number of rotatable bonds is 2. The Morgan fingerprint density at radius 3 is 2.81 bits per heavy atom. The Bertz CT molecular complexity index is 698. The molecule has 21 heavy (non-hydrogen) atoms. The molecule has 2 nitrogen and oxygen atoms in total. The third kappa shape index (κ3) is 1.93. The van der Waals surface area contributed by atoms with Crippen molar-refractivity contribution >= 4 is 27.2 Å². The first kappa shape index (κ1) is 13.6. The number of thiazole rings is 1. The summed E-state index contributed by atoms with van der Waals surface area (Å²) in [5.41, 5.74) is 3.25. The van der Waals surface area contributed by atoms with Crippen molar-refractivity contribution in [1.29, 1.82) is 0 Å². The minimum absolute atomic E-state index is 0.394. The summed E-state index contributed by atoms with van der Waals surface area (Å²) in [4.78, 5) is 4.56. The van der Waals surface area contributed by atoms with Crippen molar-refractivity contribution in [2.24, 2.45) is 16.7 Å². The van der Waals surface area contributed by atoms with E-state index < -0.39 is 0 Å². The van der Waals surface area contributed by atoms with E-state index in [4.69, 9.17) is 0 Å². The second kappa shape index (κ2) is 4.22. The molecule has 1 unspecified atom stereocenters. The molecule has 0 aliphatic heterocycles. The highest BCUT2D eigenvalue weighted by atomic mass is 32.1. The molecule has 2 saturated carbocycles. The van der Waals surface area contributed by atoms with Crippen LogP contribution in [0.25, 0.3) is 10.2 Å². The summed E-state index contributed by atoms with van der Waals surface area (Å²) >= 11 is 1.79. The first-order valence-corrected chi connectivity index (χ1v) is 8.84. The molecule has 2 aliphatic rings. The zero-order valence-corrected chi connectivity index (χ0v) is 14.2. The smallest absolute Gasteiger partial charge is 0.0907 e. The molecule has 0 radical (unpaired) electrons. The maximum absolute atomic E-state index is 4.56. The second-order valence-corrected chi connectivity index (χ2v) is 9.14. The van der Waals surface area contributed by atoms with E-state index in [0.717, 1.165) is 16.4 Å². The summed E-state index contributed by atoms with van der Waals surface area (Å²) in [6.07, 6.45) is 4.18. The van der Waals surface area contributed by atoms with Crippen LogP contribution in [0.1, 0.15) is 45.0 Å². The molecule has 0 spiro atoms. The number of aryl methyl sites for hydroxylation is 1. The van der Waals surface area contributed by atoms with Crippen molar-refractivity contribution in [2.75, 3.05) is 5.32 Å². The van der Waals surface area contributed by atoms with E-state index in [1.165, 1.54) is 29.6 Å². The van der Waals surface area contributed by atoms with Crippen LogP contribution in [0.5, 0.6) is 0 Å². The van der Waals surface area contributed by atoms with Crippen molar-refractivity contribution in [3.8, 4) is 0 Å². The lowest BCUT2D eigenvalue weighted by atomic mass is 9.68. The monoisotopic (exact) mass is 300 g/mol. The minimum atomic E-state index is 0.394. The summed E-state index contributed by atoms with van der Waals surface area (Å²) in [6.45, 7) is 9.47. The van der Waals surface area contributed by atoms with Crippen LogP contribution in [-0.2, 0) is 0 Å². The standard InChI is InChI=1S/C18H24N2S/c1-11-19-14-6-5-13(9-15(14)21-11)20-16-17(2,3)12-7-8-18(16,4)10-12/h5-6,9,12,16,20H,7-8,10H2,1-4H3/t12-,16?,18+/m0/s1. The average molecular weight is 300 g/mol. The number of hydrogen-bond donors (Lipinski definition) is 1. The zero-order valence-electron chi connectivity index (χ0n) is 13.4. The molecule has 0 saturated heterocycles. The highest BCUT2D eigenvalue weighted by Crippen LogP contribution is 2.63. The van der Waals surface area contributed by atoms with Crippen LogP contribution in [0.2, 0.25) is 0 Å². The van der Waals surface area contributed by atoms with Gasteiger partial charge >= 0.3 is 0 Å². The van der Waals surface area contributed by atoms with Gasteiger partial charge in [0.15, 0.2) is 0 Å². The van der Waals surface area contributed by atoms with Gasteiger partial charge in [0.2, 0.25) is 0 Å². The molecule has 112 valence electrons. The minimum Gasteiger partial charge on any atom is -0.381 e. The number of nitrogens with zero attached hydrogens (tertiary/aromatic N) is 1. The van der Waals surface area contributed by atoms with Gasteiger partial charge in [-0.25, -0.2) is 4.98 Å². The van der Waals surface area contributed by atoms with Crippen molar-refractivity contribution in [1.82, 2.24) is 4.98 Å². The molecule has 2 aliphatic carbocycles. The van der Waals surface area contributed by atoms with Crippen LogP contribution in [0, 0.1) is 23.7 Å². The third-order valence-corrected chi connectivity index (χ3v) is 7.01. The number of anilines is 1. The van der Waals surface area contributed by atoms with Gasteiger partial charge < -0.3 is 5.32 Å². The van der Waals surface area contributed by atoms with E-state index in [2.05, 4.69) is 56.2 Å². The highest BCUT2D eigenvalue weighted by molar-refractivity contribution is 7.18. The van der Waals surface area contributed by atoms with Crippen molar-refractivity contribution in [3.05, 3.63) is 23.2 Å². The fourth-order valence-corrected chi connectivity index (χ4v) is 5.82. The molecule has 2 fully saturated rings. The quantitative estimate of drug-likeness (QED) is 0.821. The molecule has 2 aromatic rings. The molecule has 1 heterocycles. The van der Waals surface area contributed by atoms with Crippen LogP contribution in [-0.4, -0.2) is 11.0 Å². The first-order chi connectivity index (χ1) is 9.88. The summed E-state index contributed by atoms with van der Waals surface area (Å²) in [5.74, 6) is 0.884. The van der Waals surface area contributed by atoms with Crippen LogP contribution in [0.15, 0.2) is 18.2 Å². The number of benzene rings is 1. The largest absolute Gasteiger partial charge is 0.381 e. The lowest BCUT2D eigenvalue weighted by molar-refractivity contribution is 0.155. The van der Waals surface area contributed by atoms with Gasteiger partial charge in [-0.2, -0.15) is 0 Å². The summed E-state index contributed by atoms with van der Waals surface area (Å²) < 4.78 is 1.30. The van der Waals surface area contributed by atoms with Crippen LogP contribution in [0.4, 0.5) is 5.69 Å². The van der Waals surface area contributed by atoms with Gasteiger partial charge in [0.05, 0.1) is 15.2 Å². The van der Waals surface area contributed by atoms with Gasteiger partial charge in [-0.1, -0.05) is 20.8 Å². The number of hydrogen-bond acceptors (Lipinski definition) is 3. The normalized spacial score (nSPS) is 33.7. The second-order valence-electron chi connectivity index (χ2n) is 7.91. The predicted octanol–water partition coefficient (Wildman–Crippen LogP) is 5.23. The molecular formula is C18H24N2S. The van der Waals surface area contributed by atoms with Gasteiger partial charge in [0, 0.05) is 11.7 Å². The fraction of sp³-hybridized carbons (Fsp3) is 0.611. The lowest BCUT2D eigenvalue weighted by Crippen LogP contribution is -2.45. The number of nitrogens with one attached hydrogen (secondary N) is 1. The zero-order chi connectivity index (χ0) is 14.8. The van der Waals surface area contributed by atoms with E-state index in [9.17, 15) is 0 Å². The van der Waals surface area contributed by atoms with Gasteiger partial charge in [-0.15, -0.1) is 11.3 Å². The first-order valence-electron chi connectivity index (χ1n) is 8.02. The van der Waals surface area contributed by atoms with Crippen molar-refractivity contribution in [2.45, 2.75) is 53.0 Å². The Balaban J connectivity index is 1.67. The van der Waals surface area contributed by atoms with E-state index in [0.29, 0.717) is 16.9 Å². The molecule has 4 rings (SSSR count). The molecular weight excluding hydrogens is 276 g/mol. The van der Waals surface area contributed by atoms with E-state index in [1.807, 2.05) is 0 Å². The molecule has 1 aromatic heterocycles. The maximum Gasteiger partial charge on any atom is 0.0907 e. The van der Waals surface area contributed by atoms with Gasteiger partial charge in [0.1, 0.15) is 0 Å². The van der Waals surface area contributed by atoms with Gasteiger partial charge in [-0.3, -0.25) is 0 Å². The number of fused-ring (bicyclic) bond motifs is 3. The molecule has 0 amide bonds. The van der Waals surface area contributed by atoms with Crippen LogP contribution in [0.3, 0.4) is 0 Å². The van der Waals surface area contributed by atoms with E-state index in [1.54, 1.807) is 11.3 Å². The Morgan fingerprint density at radius 2 is 2.10 bits per heavy atom. The topological polar surface area (TPSA) is 24.9 Å². The summed E-state index contributed by atoms with van der Waals surface area (Å²) in [6, 6.07) is 7.22. The predicted molar refractivity (Wildman–Crippen MR) is 91.0 cm³/mol. The maximum atomic E-state index is 4.56. The molecule has 1 N–H and O–H groups in total. The van der Waals surface area contributed by atoms with Crippen molar-refractivity contribution in [3.63, 3.8) is 0 Å². The summed E-state index contributed by atoms with van der Waals surface area (Å²) in [5, 5.41) is 5.03. The molecule has 2 bridgehead atoms. The third-order valence-electron chi connectivity index (χ3n) is 6.08. The Morgan fingerprint density at radius 1 is 1.29 bits per heavy atom. The Kier molecular flexibility index (Phi) is 2.73. The molecule has 3 heteroatoms. The lowest BCUT2D eigenvalue weighted by Gasteiger charge is -2.43. The van der Waals surface area contributed by atoms with Crippen LogP contribution >= 0.6 is 11.3 Å². The van der Waals surface area contributed by atoms with Gasteiger partial charge in [0.25, 0.3) is 0 Å². The Hall–Kier alpha value is -1.09. The SMILES string of the molecule is Cc1nc2ccc(NC3C(C)(C)[C@H]4CC[C@]3(C)C4)cc2s1. The van der Waals surface area contributed by atoms with E-state index in [-0.39, 0.29) is 0 Å². The highest BCUT2D eigenvalue weighted by Gasteiger charge is 2.59. The molecule has 3 atom stereocenters. The van der Waals surface area contributed by atoms with E-state index >= 15 is 0 Å². The molecule has 1 aromatic carbocycles. The average Bonchev–Trinajstić information content (AvgIpc) is 3.02. The number of aromatic nitrogens is 1. The fourth-order valence-electron chi connectivity index (χ4n) is 4.96. The Labute approximate surface area is 131 Å².